The van der Waals surface area contributed by atoms with Crippen molar-refractivity contribution >= 4 is 23.2 Å². The molecule has 3 rings (SSSR count). The van der Waals surface area contributed by atoms with E-state index >= 15 is 0 Å². The van der Waals surface area contributed by atoms with Crippen LogP contribution in [0.1, 0.15) is 10.4 Å². The lowest BCUT2D eigenvalue weighted by atomic mass is 10.2. The molecule has 1 N–H and O–H groups in total. The van der Waals surface area contributed by atoms with E-state index in [2.05, 4.69) is 10.3 Å². The zero-order chi connectivity index (χ0) is 14.8. The molecule has 0 spiro atoms. The van der Waals surface area contributed by atoms with Crippen LogP contribution in [0.5, 0.6) is 11.5 Å². The number of fused-ring (bicyclic) bond motifs is 1. The van der Waals surface area contributed by atoms with E-state index in [1.807, 2.05) is 0 Å². The van der Waals surface area contributed by atoms with Crippen LogP contribution >= 0.6 is 11.6 Å². The van der Waals surface area contributed by atoms with E-state index in [0.29, 0.717) is 30.4 Å². The van der Waals surface area contributed by atoms with Crippen LogP contribution in [0.25, 0.3) is 0 Å². The van der Waals surface area contributed by atoms with Gasteiger partial charge in [-0.15, -0.1) is 0 Å². The fourth-order valence-electron chi connectivity index (χ4n) is 1.91. The van der Waals surface area contributed by atoms with Crippen LogP contribution in [0.4, 0.5) is 10.1 Å². The maximum atomic E-state index is 13.7. The SMILES string of the molecule is O=C(Nc1ccc2c(c1)OCCO2)c1ccnc(Cl)c1F. The summed E-state index contributed by atoms with van der Waals surface area (Å²) in [7, 11) is 0. The number of ether oxygens (including phenoxy) is 2. The Kier molecular flexibility index (Phi) is 3.62. The zero-order valence-corrected chi connectivity index (χ0v) is 11.5. The largest absolute Gasteiger partial charge is 0.486 e. The summed E-state index contributed by atoms with van der Waals surface area (Å²) in [4.78, 5) is 15.6. The van der Waals surface area contributed by atoms with Crippen molar-refractivity contribution < 1.29 is 18.7 Å². The molecule has 21 heavy (non-hydrogen) atoms. The Bertz CT molecular complexity index is 709. The molecular formula is C14H10ClFN2O3. The van der Waals surface area contributed by atoms with Gasteiger partial charge in [0.05, 0.1) is 5.56 Å². The third-order valence-corrected chi connectivity index (χ3v) is 3.15. The molecule has 0 saturated heterocycles. The Labute approximate surface area is 124 Å². The van der Waals surface area contributed by atoms with Crippen molar-refractivity contribution in [2.24, 2.45) is 0 Å². The molecule has 1 aliphatic heterocycles. The summed E-state index contributed by atoms with van der Waals surface area (Å²) >= 11 is 5.55. The summed E-state index contributed by atoms with van der Waals surface area (Å²) in [6, 6.07) is 6.20. The molecule has 2 aromatic rings. The number of carbonyl (C=O) groups is 1. The van der Waals surface area contributed by atoms with Gasteiger partial charge in [-0.2, -0.15) is 0 Å². The number of halogens is 2. The van der Waals surface area contributed by atoms with Crippen molar-refractivity contribution in [3.63, 3.8) is 0 Å². The number of hydrogen-bond donors (Lipinski definition) is 1. The summed E-state index contributed by atoms with van der Waals surface area (Å²) in [6.45, 7) is 0.929. The topological polar surface area (TPSA) is 60.5 Å². The van der Waals surface area contributed by atoms with E-state index < -0.39 is 11.7 Å². The van der Waals surface area contributed by atoms with Gasteiger partial charge in [0.15, 0.2) is 22.5 Å². The molecule has 5 nitrogen and oxygen atoms in total. The lowest BCUT2D eigenvalue weighted by Gasteiger charge is -2.19. The lowest BCUT2D eigenvalue weighted by Crippen LogP contribution is -2.17. The van der Waals surface area contributed by atoms with Gasteiger partial charge >= 0.3 is 0 Å². The van der Waals surface area contributed by atoms with Gasteiger partial charge in [0.2, 0.25) is 0 Å². The molecule has 0 radical (unpaired) electrons. The second kappa shape index (κ2) is 5.57. The first-order chi connectivity index (χ1) is 10.1. The van der Waals surface area contributed by atoms with Gasteiger partial charge in [-0.3, -0.25) is 4.79 Å². The zero-order valence-electron chi connectivity index (χ0n) is 10.7. The van der Waals surface area contributed by atoms with Crippen molar-refractivity contribution in [2.45, 2.75) is 0 Å². The van der Waals surface area contributed by atoms with Crippen molar-refractivity contribution in [1.82, 2.24) is 4.98 Å². The standard InChI is InChI=1S/C14H10ClFN2O3/c15-13-12(16)9(3-4-17-13)14(19)18-8-1-2-10-11(7-8)21-6-5-20-10/h1-4,7H,5-6H2,(H,18,19). The summed E-state index contributed by atoms with van der Waals surface area (Å²) in [6.07, 6.45) is 1.27. The predicted molar refractivity (Wildman–Crippen MR) is 74.6 cm³/mol. The number of benzene rings is 1. The lowest BCUT2D eigenvalue weighted by molar-refractivity contribution is 0.102. The Balaban J connectivity index is 1.83. The highest BCUT2D eigenvalue weighted by Gasteiger charge is 2.17. The normalized spacial score (nSPS) is 12.9. The van der Waals surface area contributed by atoms with Gasteiger partial charge in [0, 0.05) is 18.0 Å². The summed E-state index contributed by atoms with van der Waals surface area (Å²) in [5, 5.41) is 2.23. The van der Waals surface area contributed by atoms with E-state index in [-0.39, 0.29) is 10.7 Å². The Morgan fingerprint density at radius 3 is 2.81 bits per heavy atom. The molecule has 108 valence electrons. The highest BCUT2D eigenvalue weighted by molar-refractivity contribution is 6.30. The molecule has 0 aliphatic carbocycles. The van der Waals surface area contributed by atoms with Crippen LogP contribution in [0.2, 0.25) is 5.15 Å². The van der Waals surface area contributed by atoms with Gasteiger partial charge < -0.3 is 14.8 Å². The van der Waals surface area contributed by atoms with Gasteiger partial charge in [0.1, 0.15) is 13.2 Å². The molecule has 0 bridgehead atoms. The third-order valence-electron chi connectivity index (χ3n) is 2.89. The second-order valence-corrected chi connectivity index (χ2v) is 4.63. The summed E-state index contributed by atoms with van der Waals surface area (Å²) < 4.78 is 24.5. The number of nitrogens with zero attached hydrogens (tertiary/aromatic N) is 1. The van der Waals surface area contributed by atoms with Crippen molar-refractivity contribution in [1.29, 1.82) is 0 Å². The molecule has 1 aromatic heterocycles. The number of anilines is 1. The molecular weight excluding hydrogens is 299 g/mol. The van der Waals surface area contributed by atoms with Gasteiger partial charge in [-0.1, -0.05) is 11.6 Å². The van der Waals surface area contributed by atoms with Gasteiger partial charge in [0.25, 0.3) is 5.91 Å². The first-order valence-corrected chi connectivity index (χ1v) is 6.54. The smallest absolute Gasteiger partial charge is 0.258 e. The van der Waals surface area contributed by atoms with E-state index in [1.165, 1.54) is 12.3 Å². The second-order valence-electron chi connectivity index (χ2n) is 4.28. The van der Waals surface area contributed by atoms with Gasteiger partial charge in [-0.05, 0) is 18.2 Å². The molecule has 1 aromatic carbocycles. The summed E-state index contributed by atoms with van der Waals surface area (Å²) in [5.74, 6) is -0.327. The fourth-order valence-corrected chi connectivity index (χ4v) is 2.07. The molecule has 2 heterocycles. The Hall–Kier alpha value is -2.34. The van der Waals surface area contributed by atoms with E-state index in [9.17, 15) is 9.18 Å². The van der Waals surface area contributed by atoms with Crippen LogP contribution in [-0.4, -0.2) is 24.1 Å². The first kappa shape index (κ1) is 13.6. The number of hydrogen-bond acceptors (Lipinski definition) is 4. The van der Waals surface area contributed by atoms with Crippen LogP contribution in [0.3, 0.4) is 0 Å². The van der Waals surface area contributed by atoms with Crippen LogP contribution in [-0.2, 0) is 0 Å². The number of aromatic nitrogens is 1. The fraction of sp³-hybridized carbons (Fsp3) is 0.143. The molecule has 0 atom stereocenters. The Morgan fingerprint density at radius 1 is 1.24 bits per heavy atom. The minimum atomic E-state index is -0.853. The van der Waals surface area contributed by atoms with Gasteiger partial charge in [-0.25, -0.2) is 9.37 Å². The van der Waals surface area contributed by atoms with Crippen molar-refractivity contribution in [2.75, 3.05) is 18.5 Å². The van der Waals surface area contributed by atoms with Crippen molar-refractivity contribution in [3.05, 3.63) is 47.0 Å². The monoisotopic (exact) mass is 308 g/mol. The molecule has 7 heteroatoms. The number of nitrogens with one attached hydrogen (secondary N) is 1. The highest BCUT2D eigenvalue weighted by Crippen LogP contribution is 2.32. The number of amides is 1. The average Bonchev–Trinajstić information content (AvgIpc) is 2.50. The molecule has 0 fully saturated rings. The predicted octanol–water partition coefficient (Wildman–Crippen LogP) is 2.90. The minimum absolute atomic E-state index is 0.176. The first-order valence-electron chi connectivity index (χ1n) is 6.16. The van der Waals surface area contributed by atoms with E-state index in [0.717, 1.165) is 0 Å². The van der Waals surface area contributed by atoms with E-state index in [1.54, 1.807) is 18.2 Å². The molecule has 1 amide bonds. The number of carbonyl (C=O) groups excluding carboxylic acids is 1. The highest BCUT2D eigenvalue weighted by atomic mass is 35.5. The quantitative estimate of drug-likeness (QED) is 0.867. The average molecular weight is 309 g/mol. The maximum Gasteiger partial charge on any atom is 0.258 e. The third kappa shape index (κ3) is 2.75. The molecule has 0 saturated carbocycles. The summed E-state index contributed by atoms with van der Waals surface area (Å²) in [5.41, 5.74) is 0.293. The molecule has 0 unspecified atom stereocenters. The number of pyridine rings is 1. The van der Waals surface area contributed by atoms with Crippen LogP contribution < -0.4 is 14.8 Å². The maximum absolute atomic E-state index is 13.7. The minimum Gasteiger partial charge on any atom is -0.486 e. The van der Waals surface area contributed by atoms with E-state index in [4.69, 9.17) is 21.1 Å². The van der Waals surface area contributed by atoms with Crippen molar-refractivity contribution in [3.8, 4) is 11.5 Å². The van der Waals surface area contributed by atoms with Crippen LogP contribution in [0.15, 0.2) is 30.5 Å². The van der Waals surface area contributed by atoms with Crippen LogP contribution in [0, 0.1) is 5.82 Å². The Morgan fingerprint density at radius 2 is 2.00 bits per heavy atom. The number of rotatable bonds is 2. The molecule has 1 aliphatic rings.